The average Bonchev–Trinajstić information content (AvgIpc) is 2.26. The topological polar surface area (TPSA) is 66.5 Å². The summed E-state index contributed by atoms with van der Waals surface area (Å²) in [6.07, 6.45) is -0.276. The summed E-state index contributed by atoms with van der Waals surface area (Å²) in [5.74, 6) is -1.02. The van der Waals surface area contributed by atoms with Crippen molar-refractivity contribution >= 4 is 33.8 Å². The van der Waals surface area contributed by atoms with Crippen molar-refractivity contribution in [1.82, 2.24) is 10.2 Å². The molecule has 1 saturated heterocycles. The summed E-state index contributed by atoms with van der Waals surface area (Å²) in [4.78, 5) is 34.9. The van der Waals surface area contributed by atoms with Crippen LogP contribution in [0, 0.1) is 0 Å². The van der Waals surface area contributed by atoms with E-state index in [2.05, 4.69) is 21.2 Å². The SMILES string of the molecule is O=C1CC(=O)N(Cc2ccc(Br)cc2)C(=O)N1. The lowest BCUT2D eigenvalue weighted by molar-refractivity contribution is -0.136. The Labute approximate surface area is 106 Å². The number of barbiturate groups is 1. The minimum Gasteiger partial charge on any atom is -0.277 e. The number of imide groups is 2. The molecule has 0 radical (unpaired) electrons. The van der Waals surface area contributed by atoms with E-state index in [0.29, 0.717) is 0 Å². The first kappa shape index (κ1) is 11.8. The zero-order chi connectivity index (χ0) is 12.4. The molecule has 0 bridgehead atoms. The average molecular weight is 297 g/mol. The van der Waals surface area contributed by atoms with Crippen molar-refractivity contribution < 1.29 is 14.4 Å². The van der Waals surface area contributed by atoms with Crippen molar-refractivity contribution in [2.24, 2.45) is 0 Å². The Morgan fingerprint density at radius 3 is 2.41 bits per heavy atom. The molecule has 0 spiro atoms. The fraction of sp³-hybridized carbons (Fsp3) is 0.182. The standard InChI is InChI=1S/C11H9BrN2O3/c12-8-3-1-7(2-4-8)6-14-10(16)5-9(15)13-11(14)17/h1-4H,5-6H2,(H,13,15,17). The van der Waals surface area contributed by atoms with Crippen molar-refractivity contribution in [1.29, 1.82) is 0 Å². The van der Waals surface area contributed by atoms with Crippen LogP contribution in [0.15, 0.2) is 28.7 Å². The summed E-state index contributed by atoms with van der Waals surface area (Å²) in [7, 11) is 0. The lowest BCUT2D eigenvalue weighted by atomic mass is 10.2. The Kier molecular flexibility index (Phi) is 3.23. The van der Waals surface area contributed by atoms with Crippen LogP contribution in [-0.2, 0) is 16.1 Å². The molecule has 1 fully saturated rings. The molecule has 1 aromatic rings. The third-order valence-corrected chi connectivity index (χ3v) is 2.89. The predicted octanol–water partition coefficient (Wildman–Crippen LogP) is 1.42. The van der Waals surface area contributed by atoms with Crippen molar-refractivity contribution in [3.63, 3.8) is 0 Å². The number of amides is 4. The summed E-state index contributed by atoms with van der Waals surface area (Å²) in [6, 6.07) is 6.61. The van der Waals surface area contributed by atoms with Gasteiger partial charge in [0.15, 0.2) is 0 Å². The Morgan fingerprint density at radius 1 is 1.18 bits per heavy atom. The van der Waals surface area contributed by atoms with E-state index in [0.717, 1.165) is 14.9 Å². The Balaban J connectivity index is 2.12. The predicted molar refractivity (Wildman–Crippen MR) is 62.8 cm³/mol. The monoisotopic (exact) mass is 296 g/mol. The first-order chi connectivity index (χ1) is 8.06. The minimum atomic E-state index is -0.658. The normalized spacial score (nSPS) is 16.1. The molecule has 2 rings (SSSR count). The van der Waals surface area contributed by atoms with E-state index in [1.807, 2.05) is 12.1 Å². The molecule has 88 valence electrons. The van der Waals surface area contributed by atoms with E-state index in [-0.39, 0.29) is 13.0 Å². The summed E-state index contributed by atoms with van der Waals surface area (Å²) in [6.45, 7) is 0.172. The summed E-state index contributed by atoms with van der Waals surface area (Å²) in [5.41, 5.74) is 0.825. The number of carbonyl (C=O) groups is 3. The minimum absolute atomic E-state index is 0.172. The second kappa shape index (κ2) is 4.67. The fourth-order valence-electron chi connectivity index (χ4n) is 1.51. The first-order valence-corrected chi connectivity index (χ1v) is 5.74. The lowest BCUT2D eigenvalue weighted by Gasteiger charge is -2.24. The van der Waals surface area contributed by atoms with Gasteiger partial charge in [-0.2, -0.15) is 0 Å². The van der Waals surface area contributed by atoms with Gasteiger partial charge in [0.25, 0.3) is 0 Å². The van der Waals surface area contributed by atoms with E-state index < -0.39 is 17.8 Å². The van der Waals surface area contributed by atoms with Crippen LogP contribution in [0.4, 0.5) is 4.79 Å². The third-order valence-electron chi connectivity index (χ3n) is 2.36. The molecule has 5 nitrogen and oxygen atoms in total. The van der Waals surface area contributed by atoms with Crippen LogP contribution in [0.3, 0.4) is 0 Å². The number of carbonyl (C=O) groups excluding carboxylic acids is 3. The molecule has 0 unspecified atom stereocenters. The number of hydrogen-bond donors (Lipinski definition) is 1. The van der Waals surface area contributed by atoms with Crippen molar-refractivity contribution in [3.05, 3.63) is 34.3 Å². The van der Waals surface area contributed by atoms with E-state index in [1.165, 1.54) is 0 Å². The van der Waals surface area contributed by atoms with Gasteiger partial charge in [0.1, 0.15) is 6.42 Å². The maximum Gasteiger partial charge on any atom is 0.331 e. The Hall–Kier alpha value is -1.69. The number of nitrogens with one attached hydrogen (secondary N) is 1. The second-order valence-electron chi connectivity index (χ2n) is 3.64. The van der Waals surface area contributed by atoms with Crippen LogP contribution in [0.2, 0.25) is 0 Å². The number of rotatable bonds is 2. The highest BCUT2D eigenvalue weighted by Gasteiger charge is 2.30. The van der Waals surface area contributed by atoms with Crippen LogP contribution < -0.4 is 5.32 Å². The molecule has 0 atom stereocenters. The highest BCUT2D eigenvalue weighted by molar-refractivity contribution is 9.10. The van der Waals surface area contributed by atoms with Gasteiger partial charge in [0, 0.05) is 4.47 Å². The van der Waals surface area contributed by atoms with Gasteiger partial charge in [-0.15, -0.1) is 0 Å². The smallest absolute Gasteiger partial charge is 0.277 e. The number of halogens is 1. The van der Waals surface area contributed by atoms with Gasteiger partial charge in [-0.05, 0) is 17.7 Å². The maximum atomic E-state index is 11.5. The lowest BCUT2D eigenvalue weighted by Crippen LogP contribution is -2.52. The molecular formula is C11H9BrN2O3. The number of benzene rings is 1. The summed E-state index contributed by atoms with van der Waals surface area (Å²) >= 11 is 3.30. The molecule has 4 amide bonds. The molecule has 17 heavy (non-hydrogen) atoms. The van der Waals surface area contributed by atoms with Crippen LogP contribution in [0.25, 0.3) is 0 Å². The third kappa shape index (κ3) is 2.71. The van der Waals surface area contributed by atoms with E-state index >= 15 is 0 Å². The molecule has 1 aliphatic rings. The van der Waals surface area contributed by atoms with Gasteiger partial charge in [0.2, 0.25) is 11.8 Å². The van der Waals surface area contributed by atoms with Gasteiger partial charge in [0.05, 0.1) is 6.54 Å². The fourth-order valence-corrected chi connectivity index (χ4v) is 1.77. The van der Waals surface area contributed by atoms with Gasteiger partial charge in [-0.25, -0.2) is 4.79 Å². The summed E-state index contributed by atoms with van der Waals surface area (Å²) in [5, 5.41) is 2.11. The van der Waals surface area contributed by atoms with Gasteiger partial charge in [-0.3, -0.25) is 19.8 Å². The second-order valence-corrected chi connectivity index (χ2v) is 4.55. The van der Waals surface area contributed by atoms with Crippen LogP contribution in [0.1, 0.15) is 12.0 Å². The van der Waals surface area contributed by atoms with E-state index in [4.69, 9.17) is 0 Å². The van der Waals surface area contributed by atoms with Crippen LogP contribution in [-0.4, -0.2) is 22.7 Å². The van der Waals surface area contributed by atoms with Crippen molar-refractivity contribution in [2.75, 3.05) is 0 Å². The van der Waals surface area contributed by atoms with Crippen molar-refractivity contribution in [3.8, 4) is 0 Å². The van der Waals surface area contributed by atoms with Gasteiger partial charge in [-0.1, -0.05) is 28.1 Å². The van der Waals surface area contributed by atoms with E-state index in [9.17, 15) is 14.4 Å². The highest BCUT2D eigenvalue weighted by Crippen LogP contribution is 2.14. The highest BCUT2D eigenvalue weighted by atomic mass is 79.9. The largest absolute Gasteiger partial charge is 0.331 e. The number of hydrogen-bond acceptors (Lipinski definition) is 3. The zero-order valence-corrected chi connectivity index (χ0v) is 10.4. The zero-order valence-electron chi connectivity index (χ0n) is 8.77. The van der Waals surface area contributed by atoms with Crippen LogP contribution in [0.5, 0.6) is 0 Å². The Morgan fingerprint density at radius 2 is 1.82 bits per heavy atom. The number of nitrogens with zero attached hydrogens (tertiary/aromatic N) is 1. The van der Waals surface area contributed by atoms with Crippen molar-refractivity contribution in [2.45, 2.75) is 13.0 Å². The van der Waals surface area contributed by atoms with E-state index in [1.54, 1.807) is 12.1 Å². The maximum absolute atomic E-state index is 11.5. The molecule has 6 heteroatoms. The van der Waals surface area contributed by atoms with Gasteiger partial charge < -0.3 is 0 Å². The first-order valence-electron chi connectivity index (χ1n) is 4.95. The molecule has 0 saturated carbocycles. The molecular weight excluding hydrogens is 288 g/mol. The summed E-state index contributed by atoms with van der Waals surface area (Å²) < 4.78 is 0.922. The van der Waals surface area contributed by atoms with Crippen LogP contribution >= 0.6 is 15.9 Å². The molecule has 0 aliphatic carbocycles. The van der Waals surface area contributed by atoms with Gasteiger partial charge >= 0.3 is 6.03 Å². The molecule has 1 aromatic carbocycles. The molecule has 1 heterocycles. The molecule has 1 aliphatic heterocycles. The quantitative estimate of drug-likeness (QED) is 0.839. The Bertz CT molecular complexity index is 464. The number of urea groups is 1. The molecule has 1 N–H and O–H groups in total. The molecule has 0 aromatic heterocycles.